The first-order valence-electron chi connectivity index (χ1n) is 13.4. The summed E-state index contributed by atoms with van der Waals surface area (Å²) in [7, 11) is 0. The van der Waals surface area contributed by atoms with E-state index in [4.69, 9.17) is 0 Å². The first-order valence-corrected chi connectivity index (χ1v) is 13.4. The quantitative estimate of drug-likeness (QED) is 0.255. The van der Waals surface area contributed by atoms with Gasteiger partial charge in [-0.2, -0.15) is 0 Å². The number of ketones is 2. The topological polar surface area (TPSA) is 34.1 Å². The van der Waals surface area contributed by atoms with Gasteiger partial charge in [-0.05, 0) is 59.6 Å². The lowest BCUT2D eigenvalue weighted by Crippen LogP contribution is -2.16. The van der Waals surface area contributed by atoms with Crippen molar-refractivity contribution < 1.29 is 9.59 Å². The van der Waals surface area contributed by atoms with Crippen LogP contribution in [0, 0.1) is 29.6 Å². The predicted molar refractivity (Wildman–Crippen MR) is 146 cm³/mol. The van der Waals surface area contributed by atoms with E-state index in [-0.39, 0.29) is 22.4 Å². The van der Waals surface area contributed by atoms with Crippen molar-refractivity contribution in [2.24, 2.45) is 22.7 Å². The number of hydrogen-bond donors (Lipinski definition) is 0. The molecule has 0 N–H and O–H groups in total. The van der Waals surface area contributed by atoms with Gasteiger partial charge in [-0.25, -0.2) is 0 Å². The summed E-state index contributed by atoms with van der Waals surface area (Å²) >= 11 is 0. The van der Waals surface area contributed by atoms with Crippen molar-refractivity contribution in [2.75, 3.05) is 0 Å². The van der Waals surface area contributed by atoms with Crippen LogP contribution >= 0.6 is 0 Å². The van der Waals surface area contributed by atoms with Crippen LogP contribution in [-0.2, 0) is 4.79 Å². The molecule has 0 aromatic heterocycles. The molecule has 2 heteroatoms. The Morgan fingerprint density at radius 1 is 0.853 bits per heavy atom. The van der Waals surface area contributed by atoms with Gasteiger partial charge >= 0.3 is 0 Å². The molecule has 2 rings (SSSR count). The van der Waals surface area contributed by atoms with Crippen LogP contribution in [0.5, 0.6) is 0 Å². The summed E-state index contributed by atoms with van der Waals surface area (Å²) in [6.07, 6.45) is 17.6. The zero-order chi connectivity index (χ0) is 25.4. The highest BCUT2D eigenvalue weighted by molar-refractivity contribution is 5.98. The van der Waals surface area contributed by atoms with E-state index < -0.39 is 0 Å². The molecule has 0 aliphatic heterocycles. The van der Waals surface area contributed by atoms with E-state index >= 15 is 0 Å². The molecule has 0 amide bonds. The van der Waals surface area contributed by atoms with Gasteiger partial charge < -0.3 is 0 Å². The molecule has 0 saturated heterocycles. The molecule has 188 valence electrons. The van der Waals surface area contributed by atoms with Gasteiger partial charge in [0.1, 0.15) is 0 Å². The maximum absolute atomic E-state index is 13.0. The van der Waals surface area contributed by atoms with Crippen LogP contribution < -0.4 is 0 Å². The van der Waals surface area contributed by atoms with Gasteiger partial charge in [0.2, 0.25) is 0 Å². The van der Waals surface area contributed by atoms with Crippen molar-refractivity contribution in [2.45, 2.75) is 106 Å². The largest absolute Gasteiger partial charge is 0.295 e. The zero-order valence-corrected chi connectivity index (χ0v) is 22.9. The van der Waals surface area contributed by atoms with Crippen molar-refractivity contribution in [3.63, 3.8) is 0 Å². The van der Waals surface area contributed by atoms with Gasteiger partial charge in [-0.1, -0.05) is 110 Å². The third kappa shape index (κ3) is 10.5. The Bertz CT molecular complexity index is 865. The number of benzene rings is 1. The normalized spacial score (nSPS) is 19.7. The monoisotopic (exact) mass is 464 g/mol. The van der Waals surface area contributed by atoms with Crippen LogP contribution in [0.3, 0.4) is 0 Å². The fourth-order valence-corrected chi connectivity index (χ4v) is 4.75. The van der Waals surface area contributed by atoms with E-state index in [0.29, 0.717) is 18.8 Å². The van der Waals surface area contributed by atoms with Crippen molar-refractivity contribution in [3.05, 3.63) is 53.1 Å². The molecule has 34 heavy (non-hydrogen) atoms. The summed E-state index contributed by atoms with van der Waals surface area (Å²) in [4.78, 5) is 25.0. The Balaban J connectivity index is 1.74. The van der Waals surface area contributed by atoms with Crippen LogP contribution in [-0.4, -0.2) is 11.6 Å². The fraction of sp³-hybridized carbons (Fsp3) is 0.625. The van der Waals surface area contributed by atoms with Crippen molar-refractivity contribution in [1.82, 2.24) is 0 Å². The second kappa shape index (κ2) is 12.7. The lowest BCUT2D eigenvalue weighted by Gasteiger charge is -2.28. The lowest BCUT2D eigenvalue weighted by atomic mass is 9.77. The van der Waals surface area contributed by atoms with Crippen molar-refractivity contribution in [1.29, 1.82) is 0 Å². The van der Waals surface area contributed by atoms with Gasteiger partial charge in [0.25, 0.3) is 0 Å². The molecule has 1 aliphatic rings. The van der Waals surface area contributed by atoms with Crippen molar-refractivity contribution >= 4 is 17.6 Å². The zero-order valence-electron chi connectivity index (χ0n) is 22.9. The molecule has 1 aliphatic carbocycles. The van der Waals surface area contributed by atoms with Crippen LogP contribution in [0.1, 0.15) is 121 Å². The van der Waals surface area contributed by atoms with Crippen LogP contribution in [0.2, 0.25) is 0 Å². The standard InChI is InChI=1S/C32H48O2/c1-24-27(20-22-31(2,3)4)11-9-13-29(24)30(34)19-18-26-16-14-25(15-17-26)10-8-12-28(33)21-23-32(5,6)7/h9,11,13,20-23,25-26H,8,10,12,14-19H2,1-7H3/b22-20-,23-21-. The summed E-state index contributed by atoms with van der Waals surface area (Å²) in [5.41, 5.74) is 3.33. The number of carbonyl (C=O) groups excluding carboxylic acids is 2. The molecule has 2 nitrogen and oxygen atoms in total. The van der Waals surface area contributed by atoms with E-state index in [0.717, 1.165) is 41.9 Å². The summed E-state index contributed by atoms with van der Waals surface area (Å²) in [5.74, 6) is 1.96. The van der Waals surface area contributed by atoms with E-state index in [9.17, 15) is 9.59 Å². The molecule has 0 heterocycles. The van der Waals surface area contributed by atoms with Gasteiger partial charge in [0, 0.05) is 18.4 Å². The highest BCUT2D eigenvalue weighted by Gasteiger charge is 2.22. The maximum Gasteiger partial charge on any atom is 0.163 e. The van der Waals surface area contributed by atoms with E-state index in [1.165, 1.54) is 25.7 Å². The first-order chi connectivity index (χ1) is 15.8. The highest BCUT2D eigenvalue weighted by atomic mass is 16.1. The molecular formula is C32H48O2. The first kappa shape index (κ1) is 28.3. The maximum atomic E-state index is 13.0. The fourth-order valence-electron chi connectivity index (χ4n) is 4.75. The highest BCUT2D eigenvalue weighted by Crippen LogP contribution is 2.34. The minimum atomic E-state index is 0.0697. The van der Waals surface area contributed by atoms with Crippen LogP contribution in [0.25, 0.3) is 6.08 Å². The third-order valence-corrected chi connectivity index (χ3v) is 6.99. The number of rotatable bonds is 10. The predicted octanol–water partition coefficient (Wildman–Crippen LogP) is 9.17. The number of allylic oxidation sites excluding steroid dienone is 3. The molecule has 0 atom stereocenters. The average molecular weight is 465 g/mol. The molecule has 0 spiro atoms. The average Bonchev–Trinajstić information content (AvgIpc) is 2.75. The van der Waals surface area contributed by atoms with Gasteiger partial charge in [0.05, 0.1) is 0 Å². The number of hydrogen-bond acceptors (Lipinski definition) is 2. The Morgan fingerprint density at radius 3 is 2.03 bits per heavy atom. The molecule has 1 aromatic carbocycles. The SMILES string of the molecule is Cc1c(/C=C\C(C)(C)C)cccc1C(=O)CCC1CCC(CCCC(=O)/C=C\C(C)(C)C)CC1. The number of Topliss-reactive ketones (excluding diaryl/α,β-unsaturated/α-hetero) is 1. The summed E-state index contributed by atoms with van der Waals surface area (Å²) in [6, 6.07) is 6.10. The molecule has 0 radical (unpaired) electrons. The van der Waals surface area contributed by atoms with E-state index in [1.54, 1.807) is 6.08 Å². The Morgan fingerprint density at radius 2 is 1.44 bits per heavy atom. The lowest BCUT2D eigenvalue weighted by molar-refractivity contribution is -0.114. The second-order valence-electron chi connectivity index (χ2n) is 12.6. The van der Waals surface area contributed by atoms with Gasteiger partial charge in [-0.15, -0.1) is 0 Å². The summed E-state index contributed by atoms with van der Waals surface area (Å²) in [6.45, 7) is 15.0. The third-order valence-electron chi connectivity index (χ3n) is 6.99. The molecular weight excluding hydrogens is 416 g/mol. The van der Waals surface area contributed by atoms with E-state index in [1.807, 2.05) is 18.2 Å². The molecule has 1 saturated carbocycles. The number of carbonyl (C=O) groups is 2. The smallest absolute Gasteiger partial charge is 0.163 e. The second-order valence-corrected chi connectivity index (χ2v) is 12.6. The molecule has 1 fully saturated rings. The summed E-state index contributed by atoms with van der Waals surface area (Å²) < 4.78 is 0. The van der Waals surface area contributed by atoms with Crippen molar-refractivity contribution in [3.8, 4) is 0 Å². The minimum absolute atomic E-state index is 0.0697. The van der Waals surface area contributed by atoms with Crippen LogP contribution in [0.15, 0.2) is 36.4 Å². The Kier molecular flexibility index (Phi) is 10.5. The summed E-state index contributed by atoms with van der Waals surface area (Å²) in [5, 5.41) is 0. The van der Waals surface area contributed by atoms with Gasteiger partial charge in [-0.3, -0.25) is 9.59 Å². The Hall–Kier alpha value is -1.96. The molecule has 0 bridgehead atoms. The molecule has 0 unspecified atom stereocenters. The van der Waals surface area contributed by atoms with Gasteiger partial charge in [0.15, 0.2) is 11.6 Å². The minimum Gasteiger partial charge on any atom is -0.295 e. The van der Waals surface area contributed by atoms with E-state index in [2.05, 4.69) is 66.7 Å². The Labute approximate surface area is 209 Å². The molecule has 1 aromatic rings. The van der Waals surface area contributed by atoms with Crippen LogP contribution in [0.4, 0.5) is 0 Å².